The van der Waals surface area contributed by atoms with Crippen LogP contribution in [0.25, 0.3) is 0 Å². The third-order valence-electron chi connectivity index (χ3n) is 3.14. The number of benzene rings is 1. The molecule has 1 aromatic rings. The molecule has 19 heavy (non-hydrogen) atoms. The quantitative estimate of drug-likeness (QED) is 0.834. The Kier molecular flexibility index (Phi) is 6.45. The van der Waals surface area contributed by atoms with Crippen molar-refractivity contribution < 1.29 is 14.3 Å². The van der Waals surface area contributed by atoms with Gasteiger partial charge in [-0.15, -0.1) is 0 Å². The van der Waals surface area contributed by atoms with Gasteiger partial charge in [-0.2, -0.15) is 0 Å². The van der Waals surface area contributed by atoms with E-state index in [1.807, 2.05) is 18.9 Å². The van der Waals surface area contributed by atoms with Crippen molar-refractivity contribution >= 4 is 21.9 Å². The maximum atomic E-state index is 13.5. The van der Waals surface area contributed by atoms with Gasteiger partial charge < -0.3 is 10.0 Å². The number of likely N-dealkylation sites (N-methyl/N-ethyl adjacent to an activating group) is 1. The molecule has 0 saturated carbocycles. The fraction of sp³-hybridized carbons (Fsp3) is 0.500. The van der Waals surface area contributed by atoms with Crippen LogP contribution in [-0.4, -0.2) is 36.1 Å². The number of carbonyl (C=O) groups is 1. The summed E-state index contributed by atoms with van der Waals surface area (Å²) in [5, 5.41) is 9.00. The molecule has 1 rings (SSSR count). The van der Waals surface area contributed by atoms with Crippen molar-refractivity contribution in [3.63, 3.8) is 0 Å². The number of hydrogen-bond donors (Lipinski definition) is 1. The normalized spacial score (nSPS) is 12.7. The summed E-state index contributed by atoms with van der Waals surface area (Å²) >= 11 is 3.32. The van der Waals surface area contributed by atoms with E-state index in [0.29, 0.717) is 31.5 Å². The summed E-state index contributed by atoms with van der Waals surface area (Å²) in [4.78, 5) is 12.9. The Morgan fingerprint density at radius 3 is 2.79 bits per heavy atom. The molecule has 1 unspecified atom stereocenters. The number of rotatable bonds is 7. The minimum Gasteiger partial charge on any atom is -0.481 e. The Morgan fingerprint density at radius 1 is 1.53 bits per heavy atom. The van der Waals surface area contributed by atoms with E-state index in [4.69, 9.17) is 5.11 Å². The van der Waals surface area contributed by atoms with Gasteiger partial charge in [0.05, 0.1) is 5.92 Å². The highest BCUT2D eigenvalue weighted by Crippen LogP contribution is 2.16. The number of halogens is 2. The van der Waals surface area contributed by atoms with Gasteiger partial charge in [-0.05, 0) is 43.7 Å². The van der Waals surface area contributed by atoms with E-state index < -0.39 is 5.97 Å². The first-order valence-corrected chi connectivity index (χ1v) is 7.08. The minimum absolute atomic E-state index is 0.220. The van der Waals surface area contributed by atoms with Crippen molar-refractivity contribution in [1.82, 2.24) is 4.90 Å². The van der Waals surface area contributed by atoms with E-state index >= 15 is 0 Å². The molecule has 3 nitrogen and oxygen atoms in total. The summed E-state index contributed by atoms with van der Waals surface area (Å²) in [6.45, 7) is 2.99. The van der Waals surface area contributed by atoms with Crippen LogP contribution >= 0.6 is 15.9 Å². The Bertz CT molecular complexity index is 439. The van der Waals surface area contributed by atoms with Crippen LogP contribution < -0.4 is 0 Å². The first-order chi connectivity index (χ1) is 8.93. The first kappa shape index (κ1) is 16.1. The fourth-order valence-electron chi connectivity index (χ4n) is 1.90. The van der Waals surface area contributed by atoms with Gasteiger partial charge in [0.15, 0.2) is 0 Å². The van der Waals surface area contributed by atoms with Crippen LogP contribution in [0.2, 0.25) is 0 Å². The second kappa shape index (κ2) is 7.60. The SMILES string of the molecule is CCC(CN(C)CCc1cc(Br)ccc1F)C(=O)O. The van der Waals surface area contributed by atoms with Gasteiger partial charge >= 0.3 is 5.97 Å². The number of hydrogen-bond acceptors (Lipinski definition) is 2. The van der Waals surface area contributed by atoms with Gasteiger partial charge in [0, 0.05) is 17.6 Å². The summed E-state index contributed by atoms with van der Waals surface area (Å²) < 4.78 is 14.4. The predicted molar refractivity (Wildman–Crippen MR) is 76.7 cm³/mol. The average molecular weight is 332 g/mol. The Hall–Kier alpha value is -0.940. The molecule has 1 atom stereocenters. The maximum absolute atomic E-state index is 13.5. The van der Waals surface area contributed by atoms with Gasteiger partial charge in [-0.3, -0.25) is 4.79 Å². The number of carboxylic acid groups (broad SMARTS) is 1. The van der Waals surface area contributed by atoms with E-state index in [-0.39, 0.29) is 11.7 Å². The number of nitrogens with zero attached hydrogens (tertiary/aromatic N) is 1. The van der Waals surface area contributed by atoms with E-state index in [9.17, 15) is 9.18 Å². The van der Waals surface area contributed by atoms with Crippen molar-refractivity contribution in [1.29, 1.82) is 0 Å². The molecular formula is C14H19BrFNO2. The molecule has 1 aromatic carbocycles. The highest BCUT2D eigenvalue weighted by Gasteiger charge is 2.17. The van der Waals surface area contributed by atoms with E-state index in [1.165, 1.54) is 6.07 Å². The lowest BCUT2D eigenvalue weighted by Crippen LogP contribution is -2.31. The van der Waals surface area contributed by atoms with Gasteiger partial charge in [0.25, 0.3) is 0 Å². The second-order valence-corrected chi connectivity index (χ2v) is 5.61. The molecule has 0 amide bonds. The monoisotopic (exact) mass is 331 g/mol. The smallest absolute Gasteiger partial charge is 0.307 e. The van der Waals surface area contributed by atoms with Crippen molar-refractivity contribution in [2.45, 2.75) is 19.8 Å². The first-order valence-electron chi connectivity index (χ1n) is 6.29. The number of aliphatic carboxylic acids is 1. The summed E-state index contributed by atoms with van der Waals surface area (Å²) in [7, 11) is 1.86. The van der Waals surface area contributed by atoms with E-state index in [1.54, 1.807) is 12.1 Å². The lowest BCUT2D eigenvalue weighted by Gasteiger charge is -2.20. The van der Waals surface area contributed by atoms with Crippen molar-refractivity contribution in [3.8, 4) is 0 Å². The van der Waals surface area contributed by atoms with Crippen LogP contribution in [0.1, 0.15) is 18.9 Å². The zero-order valence-electron chi connectivity index (χ0n) is 11.2. The van der Waals surface area contributed by atoms with E-state index in [2.05, 4.69) is 15.9 Å². The zero-order chi connectivity index (χ0) is 14.4. The molecule has 1 N–H and O–H groups in total. The lowest BCUT2D eigenvalue weighted by molar-refractivity contribution is -0.142. The third-order valence-corrected chi connectivity index (χ3v) is 3.64. The lowest BCUT2D eigenvalue weighted by atomic mass is 10.1. The zero-order valence-corrected chi connectivity index (χ0v) is 12.8. The molecule has 0 aliphatic rings. The highest BCUT2D eigenvalue weighted by atomic mass is 79.9. The van der Waals surface area contributed by atoms with Crippen LogP contribution in [-0.2, 0) is 11.2 Å². The van der Waals surface area contributed by atoms with Crippen molar-refractivity contribution in [3.05, 3.63) is 34.1 Å². The molecule has 0 aliphatic carbocycles. The fourth-order valence-corrected chi connectivity index (χ4v) is 2.30. The minimum atomic E-state index is -0.775. The van der Waals surface area contributed by atoms with Crippen LogP contribution in [0.4, 0.5) is 4.39 Å². The van der Waals surface area contributed by atoms with Gasteiger partial charge in [0.1, 0.15) is 5.82 Å². The average Bonchev–Trinajstić information content (AvgIpc) is 2.36. The summed E-state index contributed by atoms with van der Waals surface area (Å²) in [6.07, 6.45) is 1.17. The summed E-state index contributed by atoms with van der Waals surface area (Å²) in [6, 6.07) is 4.86. The third kappa shape index (κ3) is 5.28. The van der Waals surface area contributed by atoms with Gasteiger partial charge in [-0.25, -0.2) is 4.39 Å². The van der Waals surface area contributed by atoms with Gasteiger partial charge in [-0.1, -0.05) is 22.9 Å². The number of carboxylic acids is 1. The Labute approximate surface area is 121 Å². The Balaban J connectivity index is 2.52. The maximum Gasteiger partial charge on any atom is 0.307 e. The van der Waals surface area contributed by atoms with E-state index in [0.717, 1.165) is 4.47 Å². The molecule has 0 spiro atoms. The molecule has 106 valence electrons. The molecule has 0 saturated heterocycles. The molecule has 0 aromatic heterocycles. The molecule has 0 aliphatic heterocycles. The van der Waals surface area contributed by atoms with Crippen LogP contribution in [0.3, 0.4) is 0 Å². The highest BCUT2D eigenvalue weighted by molar-refractivity contribution is 9.10. The summed E-state index contributed by atoms with van der Waals surface area (Å²) in [5.74, 6) is -1.36. The molecule has 0 heterocycles. The standard InChI is InChI=1S/C14H19BrFNO2/c1-3-10(14(18)19)9-17(2)7-6-11-8-12(15)4-5-13(11)16/h4-5,8,10H,3,6-7,9H2,1-2H3,(H,18,19). The summed E-state index contributed by atoms with van der Waals surface area (Å²) in [5.41, 5.74) is 0.643. The molecule has 0 bridgehead atoms. The molecule has 0 fully saturated rings. The predicted octanol–water partition coefficient (Wildman–Crippen LogP) is 3.17. The van der Waals surface area contributed by atoms with Gasteiger partial charge in [0.2, 0.25) is 0 Å². The largest absolute Gasteiger partial charge is 0.481 e. The van der Waals surface area contributed by atoms with Crippen LogP contribution in [0.15, 0.2) is 22.7 Å². The van der Waals surface area contributed by atoms with Crippen LogP contribution in [0.5, 0.6) is 0 Å². The topological polar surface area (TPSA) is 40.5 Å². The van der Waals surface area contributed by atoms with Crippen molar-refractivity contribution in [2.75, 3.05) is 20.1 Å². The Morgan fingerprint density at radius 2 is 2.21 bits per heavy atom. The van der Waals surface area contributed by atoms with Crippen molar-refractivity contribution in [2.24, 2.45) is 5.92 Å². The molecule has 0 radical (unpaired) electrons. The second-order valence-electron chi connectivity index (χ2n) is 4.69. The van der Waals surface area contributed by atoms with Crippen LogP contribution in [0, 0.1) is 11.7 Å². The molecule has 5 heteroatoms. The molecular weight excluding hydrogens is 313 g/mol.